The van der Waals surface area contributed by atoms with Gasteiger partial charge in [0.05, 0.1) is 0 Å². The third kappa shape index (κ3) is 6.64. The largest absolute Gasteiger partial charge is 0.0622 e. The molecule has 0 aromatic heterocycles. The van der Waals surface area contributed by atoms with E-state index in [9.17, 15) is 0 Å². The summed E-state index contributed by atoms with van der Waals surface area (Å²) in [6.07, 6.45) is 0. The van der Waals surface area contributed by atoms with Crippen molar-refractivity contribution in [1.82, 2.24) is 0 Å². The van der Waals surface area contributed by atoms with Gasteiger partial charge in [0, 0.05) is 0 Å². The molecule has 0 heterocycles. The standard InChI is InChI=1S/C56H56/c1-35(2)41-25-31-45-47(33-41)51(39-21-27-43(28-22-39)55(5,6)7)53-50(38-19-15-12-16-20-38)46-32-26-42(36(3)4)34-48(46)52(40-23-29-44(30-24-40)56(8,9)10)54(53)49(45)37-17-13-11-14-18-37/h11-36H,1-10H3. The van der Waals surface area contributed by atoms with Crippen LogP contribution in [0.3, 0.4) is 0 Å². The summed E-state index contributed by atoms with van der Waals surface area (Å²) in [5.41, 5.74) is 15.7. The van der Waals surface area contributed by atoms with E-state index in [2.05, 4.69) is 215 Å². The van der Waals surface area contributed by atoms with Crippen LogP contribution in [0.2, 0.25) is 0 Å². The van der Waals surface area contributed by atoms with Crippen LogP contribution in [-0.2, 0) is 10.8 Å². The lowest BCUT2D eigenvalue weighted by Crippen LogP contribution is -2.10. The van der Waals surface area contributed by atoms with Crippen molar-refractivity contribution in [2.24, 2.45) is 0 Å². The van der Waals surface area contributed by atoms with Crippen LogP contribution in [0.5, 0.6) is 0 Å². The molecule has 0 unspecified atom stereocenters. The van der Waals surface area contributed by atoms with E-state index >= 15 is 0 Å². The van der Waals surface area contributed by atoms with E-state index in [0.717, 1.165) is 0 Å². The highest BCUT2D eigenvalue weighted by molar-refractivity contribution is 6.34. The van der Waals surface area contributed by atoms with Gasteiger partial charge in [0.1, 0.15) is 0 Å². The zero-order valence-corrected chi connectivity index (χ0v) is 35.0. The Hall–Kier alpha value is -5.46. The molecule has 0 N–H and O–H groups in total. The minimum Gasteiger partial charge on any atom is -0.0622 e. The first-order chi connectivity index (χ1) is 26.7. The van der Waals surface area contributed by atoms with Gasteiger partial charge in [-0.05, 0) is 122 Å². The average Bonchev–Trinajstić information content (AvgIpc) is 3.18. The van der Waals surface area contributed by atoms with Crippen molar-refractivity contribution in [1.29, 1.82) is 0 Å². The Morgan fingerprint density at radius 3 is 0.929 bits per heavy atom. The Morgan fingerprint density at radius 1 is 0.321 bits per heavy atom. The molecule has 0 nitrogen and oxygen atoms in total. The fourth-order valence-corrected chi connectivity index (χ4v) is 8.66. The first-order valence-corrected chi connectivity index (χ1v) is 20.6. The summed E-state index contributed by atoms with van der Waals surface area (Å²) >= 11 is 0. The average molecular weight is 729 g/mol. The fraction of sp³-hybridized carbons (Fsp3) is 0.250. The van der Waals surface area contributed by atoms with E-state index < -0.39 is 0 Å². The van der Waals surface area contributed by atoms with Crippen LogP contribution < -0.4 is 0 Å². The lowest BCUT2D eigenvalue weighted by Gasteiger charge is -2.27. The van der Waals surface area contributed by atoms with Gasteiger partial charge >= 0.3 is 0 Å². The fourth-order valence-electron chi connectivity index (χ4n) is 8.66. The molecule has 0 atom stereocenters. The summed E-state index contributed by atoms with van der Waals surface area (Å²) in [5, 5.41) is 7.80. The number of fused-ring (bicyclic) bond motifs is 3. The van der Waals surface area contributed by atoms with E-state index in [1.165, 1.54) is 99.1 Å². The predicted octanol–water partition coefficient (Wildman–Crippen LogP) is 16.7. The van der Waals surface area contributed by atoms with Crippen molar-refractivity contribution in [3.05, 3.63) is 168 Å². The van der Waals surface area contributed by atoms with Gasteiger partial charge in [-0.2, -0.15) is 0 Å². The first kappa shape index (κ1) is 37.5. The van der Waals surface area contributed by atoms with Crippen LogP contribution in [0.25, 0.3) is 76.8 Å². The molecule has 0 aliphatic rings. The Morgan fingerprint density at radius 2 is 0.625 bits per heavy atom. The smallest absolute Gasteiger partial charge is 0.000139 e. The topological polar surface area (TPSA) is 0 Å². The molecule has 8 aromatic rings. The van der Waals surface area contributed by atoms with E-state index in [4.69, 9.17) is 0 Å². The van der Waals surface area contributed by atoms with Gasteiger partial charge < -0.3 is 0 Å². The van der Waals surface area contributed by atoms with Crippen molar-refractivity contribution < 1.29 is 0 Å². The minimum atomic E-state index is 0.0521. The molecule has 8 rings (SSSR count). The summed E-state index contributed by atoms with van der Waals surface area (Å²) < 4.78 is 0. The Bertz CT molecular complexity index is 2500. The van der Waals surface area contributed by atoms with E-state index in [1.54, 1.807) is 0 Å². The maximum absolute atomic E-state index is 2.50. The van der Waals surface area contributed by atoms with Crippen molar-refractivity contribution in [2.45, 2.75) is 91.9 Å². The highest BCUT2D eigenvalue weighted by Crippen LogP contribution is 2.54. The lowest BCUT2D eigenvalue weighted by atomic mass is 9.76. The third-order valence-corrected chi connectivity index (χ3v) is 12.0. The van der Waals surface area contributed by atoms with Crippen LogP contribution in [0.1, 0.15) is 103 Å². The molecule has 0 radical (unpaired) electrons. The zero-order valence-electron chi connectivity index (χ0n) is 35.0. The summed E-state index contributed by atoms with van der Waals surface area (Å²) in [5.74, 6) is 0.783. The molecule has 0 fully saturated rings. The number of hydrogen-bond donors (Lipinski definition) is 0. The summed E-state index contributed by atoms with van der Waals surface area (Å²) in [4.78, 5) is 0. The lowest BCUT2D eigenvalue weighted by molar-refractivity contribution is 0.590. The van der Waals surface area contributed by atoms with E-state index in [1.807, 2.05) is 0 Å². The van der Waals surface area contributed by atoms with Crippen LogP contribution >= 0.6 is 0 Å². The van der Waals surface area contributed by atoms with E-state index in [0.29, 0.717) is 11.8 Å². The molecule has 0 amide bonds. The molecule has 0 aliphatic carbocycles. The van der Waals surface area contributed by atoms with Gasteiger partial charge in [-0.3, -0.25) is 0 Å². The minimum absolute atomic E-state index is 0.0521. The maximum atomic E-state index is 2.50. The van der Waals surface area contributed by atoms with Gasteiger partial charge in [0.2, 0.25) is 0 Å². The number of rotatable bonds is 6. The molecule has 8 aromatic carbocycles. The van der Waals surface area contributed by atoms with Crippen LogP contribution in [-0.4, -0.2) is 0 Å². The molecule has 0 aliphatic heterocycles. The second kappa shape index (κ2) is 14.2. The summed E-state index contributed by atoms with van der Waals surface area (Å²) in [7, 11) is 0. The molecule has 0 saturated carbocycles. The summed E-state index contributed by atoms with van der Waals surface area (Å²) in [6.45, 7) is 23.1. The van der Waals surface area contributed by atoms with Gasteiger partial charge in [-0.15, -0.1) is 0 Å². The maximum Gasteiger partial charge on any atom is -0.000139 e. The van der Waals surface area contributed by atoms with Crippen LogP contribution in [0.15, 0.2) is 146 Å². The highest BCUT2D eigenvalue weighted by Gasteiger charge is 2.27. The second-order valence-corrected chi connectivity index (χ2v) is 18.6. The molecule has 56 heavy (non-hydrogen) atoms. The molecular formula is C56H56. The first-order valence-electron chi connectivity index (χ1n) is 20.6. The second-order valence-electron chi connectivity index (χ2n) is 18.6. The monoisotopic (exact) mass is 728 g/mol. The molecule has 0 spiro atoms. The van der Waals surface area contributed by atoms with E-state index in [-0.39, 0.29) is 10.8 Å². The molecule has 0 heteroatoms. The Kier molecular flexibility index (Phi) is 9.53. The molecule has 280 valence electrons. The SMILES string of the molecule is CC(C)c1ccc2c(-c3ccccc3)c3c(-c4ccc(C(C)(C)C)cc4)c4cc(C(C)C)ccc4c(-c4ccccc4)c3c(-c3ccc(C(C)(C)C)cc3)c2c1. The van der Waals surface area contributed by atoms with Gasteiger partial charge in [0.25, 0.3) is 0 Å². The zero-order chi connectivity index (χ0) is 39.5. The van der Waals surface area contributed by atoms with Crippen LogP contribution in [0, 0.1) is 0 Å². The Labute approximate surface area is 335 Å². The summed E-state index contributed by atoms with van der Waals surface area (Å²) in [6, 6.07) is 55.9. The van der Waals surface area contributed by atoms with Gasteiger partial charge in [0.15, 0.2) is 0 Å². The van der Waals surface area contributed by atoms with Crippen molar-refractivity contribution >= 4 is 32.3 Å². The third-order valence-electron chi connectivity index (χ3n) is 12.0. The Balaban J connectivity index is 1.72. The van der Waals surface area contributed by atoms with Crippen molar-refractivity contribution in [3.8, 4) is 44.5 Å². The molecular weight excluding hydrogens is 673 g/mol. The van der Waals surface area contributed by atoms with Crippen molar-refractivity contribution in [3.63, 3.8) is 0 Å². The molecule has 0 bridgehead atoms. The number of hydrogen-bond acceptors (Lipinski definition) is 0. The predicted molar refractivity (Wildman–Crippen MR) is 246 cm³/mol. The normalized spacial score (nSPS) is 12.4. The molecule has 0 saturated heterocycles. The quantitative estimate of drug-likeness (QED) is 0.150. The number of benzene rings is 8. The highest BCUT2D eigenvalue weighted by atomic mass is 14.3. The van der Waals surface area contributed by atoms with Crippen molar-refractivity contribution in [2.75, 3.05) is 0 Å². The van der Waals surface area contributed by atoms with Crippen LogP contribution in [0.4, 0.5) is 0 Å². The van der Waals surface area contributed by atoms with Gasteiger partial charge in [-0.1, -0.05) is 215 Å². The van der Waals surface area contributed by atoms with Gasteiger partial charge in [-0.25, -0.2) is 0 Å².